The number of carboxylic acid groups (broad SMARTS) is 1. The molecule has 0 aliphatic heterocycles. The van der Waals surface area contributed by atoms with Gasteiger partial charge in [0.2, 0.25) is 5.91 Å². The summed E-state index contributed by atoms with van der Waals surface area (Å²) < 4.78 is 28.2. The van der Waals surface area contributed by atoms with Crippen LogP contribution in [0.25, 0.3) is 0 Å². The molecule has 8 heteroatoms. The SMILES string of the molecule is O=C(O)CSCCNC(=O)CCc1ccc(OC(F)F)cc1. The number of aliphatic carboxylic acids is 1. The van der Waals surface area contributed by atoms with Crippen molar-refractivity contribution in [3.63, 3.8) is 0 Å². The van der Waals surface area contributed by atoms with Gasteiger partial charge in [0, 0.05) is 18.7 Å². The first kappa shape index (κ1) is 18.2. The van der Waals surface area contributed by atoms with Crippen molar-refractivity contribution in [3.8, 4) is 5.75 Å². The Labute approximate surface area is 131 Å². The van der Waals surface area contributed by atoms with E-state index < -0.39 is 12.6 Å². The summed E-state index contributed by atoms with van der Waals surface area (Å²) in [6.07, 6.45) is 0.766. The zero-order valence-corrected chi connectivity index (χ0v) is 12.6. The number of carbonyl (C=O) groups is 2. The maximum atomic E-state index is 12.0. The van der Waals surface area contributed by atoms with Crippen molar-refractivity contribution in [1.29, 1.82) is 0 Å². The topological polar surface area (TPSA) is 75.6 Å². The molecular weight excluding hydrogens is 316 g/mol. The van der Waals surface area contributed by atoms with Gasteiger partial charge in [0.15, 0.2) is 0 Å². The molecule has 0 aromatic heterocycles. The number of benzene rings is 1. The molecule has 22 heavy (non-hydrogen) atoms. The average molecular weight is 333 g/mol. The first-order valence-electron chi connectivity index (χ1n) is 6.57. The van der Waals surface area contributed by atoms with Crippen LogP contribution >= 0.6 is 11.8 Å². The van der Waals surface area contributed by atoms with E-state index in [1.54, 1.807) is 12.1 Å². The van der Waals surface area contributed by atoms with Crippen LogP contribution in [-0.4, -0.2) is 41.6 Å². The summed E-state index contributed by atoms with van der Waals surface area (Å²) in [5.41, 5.74) is 0.844. The molecule has 0 aliphatic rings. The zero-order chi connectivity index (χ0) is 16.4. The third-order valence-electron chi connectivity index (χ3n) is 2.58. The summed E-state index contributed by atoms with van der Waals surface area (Å²) in [4.78, 5) is 21.8. The lowest BCUT2D eigenvalue weighted by atomic mass is 10.1. The number of hydrogen-bond acceptors (Lipinski definition) is 4. The summed E-state index contributed by atoms with van der Waals surface area (Å²) >= 11 is 1.23. The van der Waals surface area contributed by atoms with Crippen LogP contribution in [0.4, 0.5) is 8.78 Å². The second kappa shape index (κ2) is 9.99. The minimum absolute atomic E-state index is 0.0168. The van der Waals surface area contributed by atoms with Crippen molar-refractivity contribution in [3.05, 3.63) is 29.8 Å². The molecule has 5 nitrogen and oxygen atoms in total. The smallest absolute Gasteiger partial charge is 0.387 e. The molecule has 0 heterocycles. The molecule has 1 amide bonds. The van der Waals surface area contributed by atoms with Gasteiger partial charge in [-0.1, -0.05) is 12.1 Å². The molecule has 0 fully saturated rings. The first-order valence-corrected chi connectivity index (χ1v) is 7.73. The van der Waals surface area contributed by atoms with Crippen LogP contribution in [0.5, 0.6) is 5.75 Å². The number of rotatable bonds is 10. The van der Waals surface area contributed by atoms with E-state index >= 15 is 0 Å². The van der Waals surface area contributed by atoms with E-state index in [1.165, 1.54) is 23.9 Å². The Balaban J connectivity index is 2.19. The molecule has 0 bridgehead atoms. The minimum Gasteiger partial charge on any atom is -0.481 e. The maximum Gasteiger partial charge on any atom is 0.387 e. The third-order valence-corrected chi connectivity index (χ3v) is 3.53. The Bertz CT molecular complexity index is 482. The Morgan fingerprint density at radius 2 is 1.95 bits per heavy atom. The van der Waals surface area contributed by atoms with Gasteiger partial charge in [-0.15, -0.1) is 11.8 Å². The Kier molecular flexibility index (Phi) is 8.27. The number of amides is 1. The molecule has 122 valence electrons. The van der Waals surface area contributed by atoms with Gasteiger partial charge in [0.25, 0.3) is 0 Å². The number of carbonyl (C=O) groups excluding carboxylic acids is 1. The molecule has 1 rings (SSSR count). The highest BCUT2D eigenvalue weighted by Gasteiger charge is 2.05. The van der Waals surface area contributed by atoms with E-state index in [-0.39, 0.29) is 23.8 Å². The molecule has 0 atom stereocenters. The van der Waals surface area contributed by atoms with E-state index in [9.17, 15) is 18.4 Å². The van der Waals surface area contributed by atoms with Crippen LogP contribution in [0.1, 0.15) is 12.0 Å². The fraction of sp³-hybridized carbons (Fsp3) is 0.429. The Morgan fingerprint density at radius 3 is 2.55 bits per heavy atom. The fourth-order valence-corrected chi connectivity index (χ4v) is 2.17. The molecule has 0 saturated heterocycles. The van der Waals surface area contributed by atoms with Gasteiger partial charge in [0.1, 0.15) is 5.75 Å². The quantitative estimate of drug-likeness (QED) is 0.642. The molecule has 1 aromatic carbocycles. The summed E-state index contributed by atoms with van der Waals surface area (Å²) in [5.74, 6) is -0.376. The number of halogens is 2. The summed E-state index contributed by atoms with van der Waals surface area (Å²) in [5, 5.41) is 11.1. The summed E-state index contributed by atoms with van der Waals surface area (Å²) in [6.45, 7) is -2.44. The van der Waals surface area contributed by atoms with Gasteiger partial charge < -0.3 is 15.2 Å². The monoisotopic (exact) mass is 333 g/mol. The molecule has 0 unspecified atom stereocenters. The van der Waals surface area contributed by atoms with Crippen molar-refractivity contribution in [2.75, 3.05) is 18.1 Å². The third kappa shape index (κ3) is 8.46. The lowest BCUT2D eigenvalue weighted by Crippen LogP contribution is -2.26. The molecule has 0 aliphatic carbocycles. The largest absolute Gasteiger partial charge is 0.481 e. The molecular formula is C14H17F2NO4S. The number of alkyl halides is 2. The van der Waals surface area contributed by atoms with Crippen LogP contribution in [0.15, 0.2) is 24.3 Å². The predicted octanol–water partition coefficient (Wildman–Crippen LogP) is 2.15. The molecule has 1 aromatic rings. The van der Waals surface area contributed by atoms with Gasteiger partial charge >= 0.3 is 12.6 Å². The van der Waals surface area contributed by atoms with E-state index in [0.29, 0.717) is 18.7 Å². The van der Waals surface area contributed by atoms with Gasteiger partial charge in [-0.3, -0.25) is 9.59 Å². The number of aryl methyl sites for hydroxylation is 1. The van der Waals surface area contributed by atoms with Crippen molar-refractivity contribution in [1.82, 2.24) is 5.32 Å². The van der Waals surface area contributed by atoms with Crippen molar-refractivity contribution in [2.45, 2.75) is 19.5 Å². The van der Waals surface area contributed by atoms with Gasteiger partial charge in [-0.05, 0) is 24.1 Å². The maximum absolute atomic E-state index is 12.0. The van der Waals surface area contributed by atoms with Crippen LogP contribution in [0.2, 0.25) is 0 Å². The Morgan fingerprint density at radius 1 is 1.27 bits per heavy atom. The number of ether oxygens (including phenoxy) is 1. The highest BCUT2D eigenvalue weighted by molar-refractivity contribution is 7.99. The number of hydrogen-bond donors (Lipinski definition) is 2. The molecule has 2 N–H and O–H groups in total. The summed E-state index contributed by atoms with van der Waals surface area (Å²) in [7, 11) is 0. The second-order valence-corrected chi connectivity index (χ2v) is 5.42. The second-order valence-electron chi connectivity index (χ2n) is 4.32. The van der Waals surface area contributed by atoms with Gasteiger partial charge in [-0.2, -0.15) is 8.78 Å². The molecule has 0 spiro atoms. The van der Waals surface area contributed by atoms with Crippen molar-refractivity contribution >= 4 is 23.6 Å². The summed E-state index contributed by atoms with van der Waals surface area (Å²) in [6, 6.07) is 6.13. The average Bonchev–Trinajstić information content (AvgIpc) is 2.45. The van der Waals surface area contributed by atoms with E-state index in [1.807, 2.05) is 0 Å². The van der Waals surface area contributed by atoms with Crippen molar-refractivity contribution < 1.29 is 28.2 Å². The van der Waals surface area contributed by atoms with Crippen LogP contribution in [0, 0.1) is 0 Å². The zero-order valence-electron chi connectivity index (χ0n) is 11.8. The predicted molar refractivity (Wildman–Crippen MR) is 79.4 cm³/mol. The molecule has 0 saturated carbocycles. The fourth-order valence-electron chi connectivity index (χ4n) is 1.61. The van der Waals surface area contributed by atoms with E-state index in [0.717, 1.165) is 5.56 Å². The standard InChI is InChI=1S/C14H17F2NO4S/c15-14(16)21-11-4-1-10(2-5-11)3-6-12(18)17-7-8-22-9-13(19)20/h1-2,4-5,14H,3,6-9H2,(H,17,18)(H,19,20). The lowest BCUT2D eigenvalue weighted by Gasteiger charge is -2.06. The van der Waals surface area contributed by atoms with Gasteiger partial charge in [0.05, 0.1) is 5.75 Å². The van der Waals surface area contributed by atoms with Gasteiger partial charge in [-0.25, -0.2) is 0 Å². The van der Waals surface area contributed by atoms with Crippen LogP contribution < -0.4 is 10.1 Å². The lowest BCUT2D eigenvalue weighted by molar-refractivity contribution is -0.133. The highest BCUT2D eigenvalue weighted by Crippen LogP contribution is 2.15. The number of nitrogens with one attached hydrogen (secondary N) is 1. The first-order chi connectivity index (χ1) is 10.5. The van der Waals surface area contributed by atoms with Crippen LogP contribution in [0.3, 0.4) is 0 Å². The van der Waals surface area contributed by atoms with Crippen molar-refractivity contribution in [2.24, 2.45) is 0 Å². The highest BCUT2D eigenvalue weighted by atomic mass is 32.2. The number of thioether (sulfide) groups is 1. The van der Waals surface area contributed by atoms with E-state index in [2.05, 4.69) is 10.1 Å². The van der Waals surface area contributed by atoms with E-state index in [4.69, 9.17) is 5.11 Å². The normalized spacial score (nSPS) is 10.5. The minimum atomic E-state index is -2.85. The molecule has 0 radical (unpaired) electrons. The van der Waals surface area contributed by atoms with Crippen LogP contribution in [-0.2, 0) is 16.0 Å². The number of carboxylic acids is 1. The Hall–Kier alpha value is -1.83.